The number of nitrogens with zero attached hydrogens (tertiary/aromatic N) is 2. The standard InChI is InChI=1S/C22H24FN3O4/c1-13-8-14(2)26(25-13)18-7-6-16(12-17(18)23)24-21(27)11-15-9-19(28-3)22(30-5)20(10-15)29-4/h6-10,12H,11H2,1-5H3,(H,24,27). The minimum absolute atomic E-state index is 0.0531. The molecule has 2 aromatic carbocycles. The van der Waals surface area contributed by atoms with Crippen molar-refractivity contribution in [2.45, 2.75) is 20.3 Å². The number of hydrogen-bond acceptors (Lipinski definition) is 5. The number of carbonyl (C=O) groups excluding carboxylic acids is 1. The van der Waals surface area contributed by atoms with E-state index in [1.54, 1.807) is 24.3 Å². The summed E-state index contributed by atoms with van der Waals surface area (Å²) in [5.41, 5.74) is 2.97. The topological polar surface area (TPSA) is 74.6 Å². The first-order valence-corrected chi connectivity index (χ1v) is 9.28. The van der Waals surface area contributed by atoms with Crippen LogP contribution >= 0.6 is 0 Å². The number of hydrogen-bond donors (Lipinski definition) is 1. The maximum Gasteiger partial charge on any atom is 0.228 e. The van der Waals surface area contributed by atoms with Gasteiger partial charge in [-0.1, -0.05) is 0 Å². The lowest BCUT2D eigenvalue weighted by atomic mass is 10.1. The van der Waals surface area contributed by atoms with Gasteiger partial charge in [0.2, 0.25) is 11.7 Å². The SMILES string of the molecule is COc1cc(CC(=O)Nc2ccc(-n3nc(C)cc3C)c(F)c2)cc(OC)c1OC. The molecular formula is C22H24FN3O4. The van der Waals surface area contributed by atoms with Crippen molar-refractivity contribution in [2.75, 3.05) is 26.6 Å². The van der Waals surface area contributed by atoms with Crippen molar-refractivity contribution in [1.29, 1.82) is 0 Å². The first-order valence-electron chi connectivity index (χ1n) is 9.28. The summed E-state index contributed by atoms with van der Waals surface area (Å²) in [5.74, 6) is 0.583. The molecule has 0 saturated carbocycles. The lowest BCUT2D eigenvalue weighted by molar-refractivity contribution is -0.115. The molecule has 1 aromatic heterocycles. The maximum atomic E-state index is 14.6. The second-order valence-corrected chi connectivity index (χ2v) is 6.76. The predicted octanol–water partition coefficient (Wildman–Crippen LogP) is 3.84. The van der Waals surface area contributed by atoms with Crippen LogP contribution in [0.5, 0.6) is 17.2 Å². The van der Waals surface area contributed by atoms with Crippen LogP contribution in [0.25, 0.3) is 5.69 Å². The van der Waals surface area contributed by atoms with Crippen LogP contribution < -0.4 is 19.5 Å². The number of nitrogens with one attached hydrogen (secondary N) is 1. The number of methoxy groups -OCH3 is 3. The fourth-order valence-electron chi connectivity index (χ4n) is 3.26. The highest BCUT2D eigenvalue weighted by molar-refractivity contribution is 5.92. The summed E-state index contributed by atoms with van der Waals surface area (Å²) < 4.78 is 32.1. The summed E-state index contributed by atoms with van der Waals surface area (Å²) in [5, 5.41) is 7.00. The Bertz CT molecular complexity index is 1050. The average molecular weight is 413 g/mol. The number of aromatic nitrogens is 2. The number of halogens is 1. The smallest absolute Gasteiger partial charge is 0.228 e. The van der Waals surface area contributed by atoms with Crippen molar-refractivity contribution >= 4 is 11.6 Å². The summed E-state index contributed by atoms with van der Waals surface area (Å²) in [6.07, 6.45) is 0.0531. The van der Waals surface area contributed by atoms with Crippen LogP contribution in [0.2, 0.25) is 0 Å². The Morgan fingerprint density at radius 3 is 2.20 bits per heavy atom. The molecule has 0 spiro atoms. The monoisotopic (exact) mass is 413 g/mol. The fraction of sp³-hybridized carbons (Fsp3) is 0.273. The Morgan fingerprint density at radius 2 is 1.70 bits per heavy atom. The summed E-state index contributed by atoms with van der Waals surface area (Å²) in [6.45, 7) is 3.70. The van der Waals surface area contributed by atoms with Crippen LogP contribution in [0.15, 0.2) is 36.4 Å². The number of amides is 1. The van der Waals surface area contributed by atoms with Crippen LogP contribution in [0.1, 0.15) is 17.0 Å². The van der Waals surface area contributed by atoms with E-state index in [4.69, 9.17) is 14.2 Å². The summed E-state index contributed by atoms with van der Waals surface area (Å²) in [7, 11) is 4.53. The highest BCUT2D eigenvalue weighted by atomic mass is 19.1. The zero-order valence-electron chi connectivity index (χ0n) is 17.6. The molecule has 3 aromatic rings. The highest BCUT2D eigenvalue weighted by Crippen LogP contribution is 2.38. The van der Waals surface area contributed by atoms with Gasteiger partial charge in [0.05, 0.1) is 33.4 Å². The summed E-state index contributed by atoms with van der Waals surface area (Å²) in [6, 6.07) is 9.78. The molecular weight excluding hydrogens is 389 g/mol. The van der Waals surface area contributed by atoms with Gasteiger partial charge in [0, 0.05) is 11.4 Å². The van der Waals surface area contributed by atoms with Gasteiger partial charge in [0.1, 0.15) is 5.69 Å². The van der Waals surface area contributed by atoms with Gasteiger partial charge >= 0.3 is 0 Å². The maximum absolute atomic E-state index is 14.6. The molecule has 0 aliphatic carbocycles. The van der Waals surface area contributed by atoms with Crippen molar-refractivity contribution in [3.05, 3.63) is 59.2 Å². The number of aryl methyl sites for hydroxylation is 2. The molecule has 1 heterocycles. The highest BCUT2D eigenvalue weighted by Gasteiger charge is 2.16. The van der Waals surface area contributed by atoms with E-state index in [0.717, 1.165) is 11.4 Å². The van der Waals surface area contributed by atoms with Crippen molar-refractivity contribution in [3.63, 3.8) is 0 Å². The Balaban J connectivity index is 1.77. The molecule has 0 bridgehead atoms. The van der Waals surface area contributed by atoms with Crippen LogP contribution in [0.4, 0.5) is 10.1 Å². The number of benzene rings is 2. The molecule has 1 N–H and O–H groups in total. The van der Waals surface area contributed by atoms with Gasteiger partial charge in [0.25, 0.3) is 0 Å². The molecule has 0 radical (unpaired) electrons. The zero-order chi connectivity index (χ0) is 21.8. The Morgan fingerprint density at radius 1 is 1.03 bits per heavy atom. The molecule has 0 fully saturated rings. The van der Waals surface area contributed by atoms with E-state index in [2.05, 4.69) is 10.4 Å². The van der Waals surface area contributed by atoms with Crippen molar-refractivity contribution < 1.29 is 23.4 Å². The molecule has 1 amide bonds. The first-order chi connectivity index (χ1) is 14.4. The average Bonchev–Trinajstić information content (AvgIpc) is 3.04. The molecule has 3 rings (SSSR count). The van der Waals surface area contributed by atoms with E-state index in [0.29, 0.717) is 34.2 Å². The third-order valence-electron chi connectivity index (χ3n) is 4.56. The molecule has 158 valence electrons. The quantitative estimate of drug-likeness (QED) is 0.637. The van der Waals surface area contributed by atoms with Crippen molar-refractivity contribution in [1.82, 2.24) is 9.78 Å². The van der Waals surface area contributed by atoms with Gasteiger partial charge < -0.3 is 19.5 Å². The molecule has 8 heteroatoms. The van der Waals surface area contributed by atoms with Crippen LogP contribution in [-0.2, 0) is 11.2 Å². The molecule has 30 heavy (non-hydrogen) atoms. The van der Waals surface area contributed by atoms with Gasteiger partial charge in [-0.25, -0.2) is 9.07 Å². The number of carbonyl (C=O) groups is 1. The van der Waals surface area contributed by atoms with Crippen LogP contribution in [0.3, 0.4) is 0 Å². The van der Waals surface area contributed by atoms with Gasteiger partial charge in [-0.2, -0.15) is 5.10 Å². The normalized spacial score (nSPS) is 10.6. The van der Waals surface area contributed by atoms with Gasteiger partial charge in [0.15, 0.2) is 17.3 Å². The van der Waals surface area contributed by atoms with Gasteiger partial charge in [-0.05, 0) is 55.8 Å². The number of rotatable bonds is 7. The molecule has 0 aliphatic rings. The van der Waals surface area contributed by atoms with Crippen LogP contribution in [0, 0.1) is 19.7 Å². The second-order valence-electron chi connectivity index (χ2n) is 6.76. The largest absolute Gasteiger partial charge is 0.493 e. The van der Waals surface area contributed by atoms with Crippen molar-refractivity contribution in [3.8, 4) is 22.9 Å². The fourth-order valence-corrected chi connectivity index (χ4v) is 3.26. The first kappa shape index (κ1) is 21.2. The van der Waals surface area contributed by atoms with E-state index in [1.807, 2.05) is 19.9 Å². The minimum atomic E-state index is -0.480. The van der Waals surface area contributed by atoms with E-state index < -0.39 is 5.82 Å². The van der Waals surface area contributed by atoms with Gasteiger partial charge in [-0.15, -0.1) is 0 Å². The van der Waals surface area contributed by atoms with Crippen LogP contribution in [-0.4, -0.2) is 37.0 Å². The minimum Gasteiger partial charge on any atom is -0.493 e. The van der Waals surface area contributed by atoms with E-state index >= 15 is 0 Å². The Labute approximate surface area is 174 Å². The van der Waals surface area contributed by atoms with E-state index in [-0.39, 0.29) is 12.3 Å². The van der Waals surface area contributed by atoms with E-state index in [9.17, 15) is 9.18 Å². The predicted molar refractivity (Wildman–Crippen MR) is 111 cm³/mol. The summed E-state index contributed by atoms with van der Waals surface area (Å²) in [4.78, 5) is 12.5. The third-order valence-corrected chi connectivity index (χ3v) is 4.56. The van der Waals surface area contributed by atoms with E-state index in [1.165, 1.54) is 32.1 Å². The molecule has 0 aliphatic heterocycles. The Kier molecular flexibility index (Phi) is 6.25. The molecule has 0 unspecified atom stereocenters. The second kappa shape index (κ2) is 8.86. The molecule has 0 saturated heterocycles. The summed E-state index contributed by atoms with van der Waals surface area (Å²) >= 11 is 0. The number of ether oxygens (including phenoxy) is 3. The lowest BCUT2D eigenvalue weighted by Crippen LogP contribution is -2.15. The third kappa shape index (κ3) is 4.37. The van der Waals surface area contributed by atoms with Gasteiger partial charge in [-0.3, -0.25) is 4.79 Å². The lowest BCUT2D eigenvalue weighted by Gasteiger charge is -2.14. The Hall–Kier alpha value is -3.55. The number of anilines is 1. The molecule has 0 atom stereocenters. The van der Waals surface area contributed by atoms with Crippen molar-refractivity contribution in [2.24, 2.45) is 0 Å². The molecule has 7 nitrogen and oxygen atoms in total. The zero-order valence-corrected chi connectivity index (χ0v) is 17.6.